The number of benzene rings is 2. The molecule has 5 heterocycles. The van der Waals surface area contributed by atoms with E-state index in [-0.39, 0.29) is 17.7 Å². The molecule has 0 radical (unpaired) electrons. The molecule has 3 aliphatic rings. The van der Waals surface area contributed by atoms with Gasteiger partial charge in [-0.3, -0.25) is 29.3 Å². The highest BCUT2D eigenvalue weighted by Gasteiger charge is 2.57. The van der Waals surface area contributed by atoms with E-state index in [1.165, 1.54) is 0 Å². The Morgan fingerprint density at radius 1 is 0.810 bits per heavy atom. The second kappa shape index (κ2) is 24.1. The molecule has 3 fully saturated rings. The van der Waals surface area contributed by atoms with Gasteiger partial charge >= 0.3 is 31.0 Å². The number of hydrogen-bond donors (Lipinski definition) is 3. The number of ether oxygens (including phenoxy) is 3. The fourth-order valence-corrected chi connectivity index (χ4v) is 10.2. The summed E-state index contributed by atoms with van der Waals surface area (Å²) < 4.78 is 161. The number of carbonyl (C=O) groups is 4. The van der Waals surface area contributed by atoms with Crippen LogP contribution < -0.4 is 15.6 Å². The lowest BCUT2D eigenvalue weighted by atomic mass is 9.75. The number of rotatable bonds is 22. The Balaban J connectivity index is 1.20. The van der Waals surface area contributed by atoms with Crippen LogP contribution in [0.25, 0.3) is 22.4 Å². The molecule has 17 nitrogen and oxygen atoms in total. The molecule has 4 aromatic rings. The third-order valence-corrected chi connectivity index (χ3v) is 15.3. The molecule has 0 aliphatic carbocycles. The smallest absolute Gasteiger partial charge is 0.407 e. The van der Waals surface area contributed by atoms with Gasteiger partial charge in [0.05, 0.1) is 74.8 Å². The molecule has 432 valence electrons. The van der Waals surface area contributed by atoms with E-state index in [0.717, 1.165) is 59.6 Å². The van der Waals surface area contributed by atoms with Crippen molar-refractivity contribution in [3.8, 4) is 22.4 Å². The van der Waals surface area contributed by atoms with Crippen molar-refractivity contribution in [1.29, 1.82) is 0 Å². The third-order valence-electron chi connectivity index (χ3n) is 15.3. The standard InChI is InChI=1S/C52H61F10N9O8/c1-49(2,51(57,58)59)37(17-43(74)77-5)45(75)67-70(22-36-38(53)14-30(15-39(36)54)40-23-69(27-65-40)46(55)56)24-42(73)31(16-41(72)44(66-48(76)78-6)50(3,4)52(60,61)62)13-28-7-9-29(10-8-28)32-18-63-47(64-19-32)68-20-33-11-12-34(21-68)71(33)35-25-79-26-35/h7-10,14-15,18-19,23,27,31,33-35,37,42,44,46,73H,11-13,16-17,20-22,24-26H2,1-6H3,(H,66,76)(H,67,75)/t31-,33?,34?,37-,42+,44-/m1/s1. The van der Waals surface area contributed by atoms with E-state index in [9.17, 15) is 59.4 Å². The van der Waals surface area contributed by atoms with Gasteiger partial charge in [-0.1, -0.05) is 38.1 Å². The molecule has 2 unspecified atom stereocenters. The Kier molecular flexibility index (Phi) is 18.4. The molecule has 79 heavy (non-hydrogen) atoms. The minimum Gasteiger partial charge on any atom is -0.469 e. The molecule has 3 aliphatic heterocycles. The molecule has 2 aromatic carbocycles. The van der Waals surface area contributed by atoms with Crippen LogP contribution in [-0.4, -0.2) is 148 Å². The van der Waals surface area contributed by atoms with Crippen molar-refractivity contribution in [2.45, 2.75) is 116 Å². The number of nitrogens with zero attached hydrogens (tertiary/aromatic N) is 7. The molecule has 3 saturated heterocycles. The Labute approximate surface area is 447 Å². The van der Waals surface area contributed by atoms with Gasteiger partial charge in [-0.2, -0.15) is 35.1 Å². The van der Waals surface area contributed by atoms with E-state index < -0.39 is 121 Å². The number of methoxy groups -OCH3 is 2. The number of anilines is 1. The van der Waals surface area contributed by atoms with Crippen LogP contribution in [0.3, 0.4) is 0 Å². The van der Waals surface area contributed by atoms with Gasteiger partial charge in [-0.15, -0.1) is 0 Å². The first-order chi connectivity index (χ1) is 37.0. The largest absolute Gasteiger partial charge is 0.469 e. The molecule has 0 spiro atoms. The predicted octanol–water partition coefficient (Wildman–Crippen LogP) is 7.83. The monoisotopic (exact) mass is 1130 g/mol. The summed E-state index contributed by atoms with van der Waals surface area (Å²) in [6, 6.07) is 6.60. The first kappa shape index (κ1) is 60.2. The zero-order chi connectivity index (χ0) is 57.9. The molecular formula is C52H61F10N9O8. The number of hydrogen-bond acceptors (Lipinski definition) is 14. The number of ketones is 1. The molecule has 6 atom stereocenters. The van der Waals surface area contributed by atoms with E-state index in [1.807, 2.05) is 5.32 Å². The third kappa shape index (κ3) is 13.6. The fourth-order valence-electron chi connectivity index (χ4n) is 10.2. The first-order valence-corrected chi connectivity index (χ1v) is 25.1. The number of nitrogens with one attached hydrogen (secondary N) is 2. The second-order valence-electron chi connectivity index (χ2n) is 21.2. The Hall–Kier alpha value is -6.45. The lowest BCUT2D eigenvalue weighted by Gasteiger charge is -2.47. The van der Waals surface area contributed by atoms with Crippen LogP contribution in [0.15, 0.2) is 61.3 Å². The Morgan fingerprint density at radius 3 is 1.91 bits per heavy atom. The van der Waals surface area contributed by atoms with E-state index in [0.29, 0.717) is 96.5 Å². The van der Waals surface area contributed by atoms with Crippen molar-refractivity contribution in [3.05, 3.63) is 84.1 Å². The maximum Gasteiger partial charge on any atom is 0.407 e. The second-order valence-corrected chi connectivity index (χ2v) is 21.2. The predicted molar refractivity (Wildman–Crippen MR) is 262 cm³/mol. The average molecular weight is 1130 g/mol. The number of Topliss-reactive ketones (excluding diaryl/α,β-unsaturated/α-hetero) is 1. The highest BCUT2D eigenvalue weighted by Crippen LogP contribution is 2.46. The average Bonchev–Trinajstić information content (AvgIpc) is 4.20. The summed E-state index contributed by atoms with van der Waals surface area (Å²) in [6.07, 6.45) is -9.30. The Morgan fingerprint density at radius 2 is 1.41 bits per heavy atom. The van der Waals surface area contributed by atoms with Gasteiger partial charge in [-0.05, 0) is 62.3 Å². The van der Waals surface area contributed by atoms with Gasteiger partial charge in [0.2, 0.25) is 11.9 Å². The summed E-state index contributed by atoms with van der Waals surface area (Å²) >= 11 is 0. The molecule has 27 heteroatoms. The number of hydrazine groups is 1. The normalized spacial score (nSPS) is 18.9. The minimum absolute atomic E-state index is 0.294. The number of aromatic nitrogens is 4. The van der Waals surface area contributed by atoms with Crippen molar-refractivity contribution in [2.75, 3.05) is 52.0 Å². The number of imidazole rings is 1. The minimum atomic E-state index is -5.16. The van der Waals surface area contributed by atoms with Crippen molar-refractivity contribution in [1.82, 2.24) is 40.2 Å². The number of aliphatic hydroxyl groups is 1. The SMILES string of the molecule is COC(=O)C[C@H](C(=O)NN(Cc1c(F)cc(-c2cn(C(F)F)cn2)cc1F)C[C@H](O)[C@@H](CC(=O)[C@@H](NC(=O)OC)C(C)(C)C(F)(F)F)Cc1ccc(-c2cnc(N3CC4CCC(C3)N4C3COC3)nc2)cc1)C(C)(C)C(F)(F)F. The quantitative estimate of drug-likeness (QED) is 0.0392. The van der Waals surface area contributed by atoms with Gasteiger partial charge in [-0.25, -0.2) is 33.5 Å². The number of alkyl halides is 8. The number of carbonyl (C=O) groups excluding carboxylic acids is 4. The van der Waals surface area contributed by atoms with Crippen LogP contribution in [0.4, 0.5) is 54.6 Å². The van der Waals surface area contributed by atoms with E-state index in [2.05, 4.69) is 39.7 Å². The first-order valence-electron chi connectivity index (χ1n) is 25.1. The maximum atomic E-state index is 16.1. The summed E-state index contributed by atoms with van der Waals surface area (Å²) in [6.45, 7) is 0.268. The molecular weight excluding hydrogens is 1070 g/mol. The highest BCUT2D eigenvalue weighted by molar-refractivity contribution is 5.88. The van der Waals surface area contributed by atoms with Gasteiger partial charge in [0.1, 0.15) is 17.7 Å². The van der Waals surface area contributed by atoms with Crippen LogP contribution >= 0.6 is 0 Å². The molecule has 2 bridgehead atoms. The molecule has 7 rings (SSSR count). The number of amides is 2. The van der Waals surface area contributed by atoms with Crippen LogP contribution in [0, 0.1) is 34.3 Å². The zero-order valence-corrected chi connectivity index (χ0v) is 43.9. The van der Waals surface area contributed by atoms with Gasteiger partial charge in [0.15, 0.2) is 5.78 Å². The molecule has 3 N–H and O–H groups in total. The number of piperazine rings is 1. The number of fused-ring (bicyclic) bond motifs is 2. The van der Waals surface area contributed by atoms with Crippen LogP contribution in [0.5, 0.6) is 0 Å². The van der Waals surface area contributed by atoms with Crippen LogP contribution in [0.1, 0.15) is 71.1 Å². The number of esters is 1. The zero-order valence-electron chi connectivity index (χ0n) is 43.9. The number of halogens is 10. The number of aliphatic hydroxyl groups excluding tert-OH is 1. The van der Waals surface area contributed by atoms with E-state index in [1.54, 1.807) is 36.7 Å². The molecule has 0 saturated carbocycles. The summed E-state index contributed by atoms with van der Waals surface area (Å²) in [5.74, 6) is -10.1. The number of alkyl carbamates (subject to hydrolysis) is 1. The van der Waals surface area contributed by atoms with Gasteiger partial charge in [0, 0.05) is 80.0 Å². The van der Waals surface area contributed by atoms with E-state index >= 15 is 8.78 Å². The highest BCUT2D eigenvalue weighted by atomic mass is 19.4. The van der Waals surface area contributed by atoms with Crippen molar-refractivity contribution >= 4 is 29.7 Å². The van der Waals surface area contributed by atoms with Crippen molar-refractivity contribution in [3.63, 3.8) is 0 Å². The summed E-state index contributed by atoms with van der Waals surface area (Å²) in [4.78, 5) is 71.0. The van der Waals surface area contributed by atoms with Crippen LogP contribution in [0.2, 0.25) is 0 Å². The maximum absolute atomic E-state index is 16.1. The molecule has 2 aromatic heterocycles. The molecule has 2 amide bonds. The van der Waals surface area contributed by atoms with Crippen molar-refractivity contribution < 1.29 is 82.4 Å². The topological polar surface area (TPSA) is 194 Å². The lowest BCUT2D eigenvalue weighted by molar-refractivity contribution is -0.231. The van der Waals surface area contributed by atoms with E-state index in [4.69, 9.17) is 4.74 Å². The summed E-state index contributed by atoms with van der Waals surface area (Å²) in [5, 5.41) is 14.7. The summed E-state index contributed by atoms with van der Waals surface area (Å²) in [7, 11) is 1.70. The van der Waals surface area contributed by atoms with Crippen LogP contribution in [-0.2, 0) is 41.6 Å². The summed E-state index contributed by atoms with van der Waals surface area (Å²) in [5.41, 5.74) is -3.78. The Bertz CT molecular complexity index is 2760. The fraction of sp³-hybridized carbons (Fsp3) is 0.558. The van der Waals surface area contributed by atoms with Gasteiger partial charge < -0.3 is 29.5 Å². The lowest BCUT2D eigenvalue weighted by Crippen LogP contribution is -2.62. The van der Waals surface area contributed by atoms with Crippen molar-refractivity contribution in [2.24, 2.45) is 22.7 Å². The van der Waals surface area contributed by atoms with Gasteiger partial charge in [0.25, 0.3) is 0 Å².